The number of hydrogen-bond donors (Lipinski definition) is 0. The van der Waals surface area contributed by atoms with Gasteiger partial charge in [0, 0.05) is 17.1 Å². The van der Waals surface area contributed by atoms with E-state index in [2.05, 4.69) is 9.88 Å². The molecule has 0 spiro atoms. The average Bonchev–Trinajstić information content (AvgIpc) is 3.43. The minimum absolute atomic E-state index is 0.00345. The molecule has 1 aromatic heterocycles. The highest BCUT2D eigenvalue weighted by Gasteiger charge is 2.41. The summed E-state index contributed by atoms with van der Waals surface area (Å²) in [5.74, 6) is 0.649. The molecule has 1 saturated heterocycles. The fourth-order valence-electron chi connectivity index (χ4n) is 4.47. The maximum atomic E-state index is 13.4. The molecule has 2 aromatic carbocycles. The number of amides is 1. The first-order chi connectivity index (χ1) is 15.5. The van der Waals surface area contributed by atoms with Gasteiger partial charge in [0.1, 0.15) is 17.5 Å². The van der Waals surface area contributed by atoms with Crippen LogP contribution in [0.15, 0.2) is 46.9 Å². The molecule has 0 bridgehead atoms. The number of halogens is 1. The van der Waals surface area contributed by atoms with Crippen molar-refractivity contribution in [2.45, 2.75) is 32.4 Å². The zero-order chi connectivity index (χ0) is 22.4. The van der Waals surface area contributed by atoms with Gasteiger partial charge in [0.25, 0.3) is 0 Å². The van der Waals surface area contributed by atoms with E-state index in [4.69, 9.17) is 20.8 Å². The molecule has 164 valence electrons. The molecule has 8 heteroatoms. The highest BCUT2D eigenvalue weighted by atomic mass is 35.5. The fraction of sp³-hybridized carbons (Fsp3) is 0.292. The highest BCUT2D eigenvalue weighted by molar-refractivity contribution is 6.30. The molecule has 3 aromatic rings. The number of esters is 1. The topological polar surface area (TPSA) is 75.9 Å². The van der Waals surface area contributed by atoms with Gasteiger partial charge in [-0.25, -0.2) is 9.78 Å². The number of benzene rings is 2. The Balaban J connectivity index is 1.54. The van der Waals surface area contributed by atoms with Crippen molar-refractivity contribution in [2.24, 2.45) is 0 Å². The van der Waals surface area contributed by atoms with Gasteiger partial charge in [-0.1, -0.05) is 17.7 Å². The zero-order valence-electron chi connectivity index (χ0n) is 17.8. The molecule has 0 aliphatic carbocycles. The first-order valence-electron chi connectivity index (χ1n) is 10.5. The lowest BCUT2D eigenvalue weighted by molar-refractivity contribution is -0.120. The van der Waals surface area contributed by atoms with Crippen molar-refractivity contribution in [3.8, 4) is 11.5 Å². The third kappa shape index (κ3) is 3.42. The molecule has 2 aliphatic rings. The van der Waals surface area contributed by atoms with Crippen LogP contribution in [0.1, 0.15) is 34.7 Å². The fourth-order valence-corrected chi connectivity index (χ4v) is 4.66. The summed E-state index contributed by atoms with van der Waals surface area (Å²) in [5, 5.41) is 0.594. The number of carbonyl (C=O) groups excluding carboxylic acids is 2. The van der Waals surface area contributed by atoms with Crippen LogP contribution in [-0.4, -0.2) is 36.6 Å². The number of ether oxygens (including phenoxy) is 1. The zero-order valence-corrected chi connectivity index (χ0v) is 18.6. The second kappa shape index (κ2) is 7.98. The second-order valence-electron chi connectivity index (χ2n) is 8.00. The highest BCUT2D eigenvalue weighted by Crippen LogP contribution is 2.41. The number of anilines is 2. The van der Waals surface area contributed by atoms with Crippen LogP contribution in [0.2, 0.25) is 5.02 Å². The largest absolute Gasteiger partial charge is 0.465 e. The van der Waals surface area contributed by atoms with Crippen LogP contribution in [0.4, 0.5) is 11.4 Å². The van der Waals surface area contributed by atoms with E-state index in [1.165, 1.54) is 7.11 Å². The normalized spacial score (nSPS) is 17.3. The van der Waals surface area contributed by atoms with Crippen LogP contribution in [0, 0.1) is 6.92 Å². The first kappa shape index (κ1) is 20.6. The van der Waals surface area contributed by atoms with Crippen molar-refractivity contribution in [1.29, 1.82) is 0 Å². The van der Waals surface area contributed by atoms with Crippen LogP contribution in [-0.2, 0) is 16.1 Å². The monoisotopic (exact) mass is 451 g/mol. The molecule has 7 nitrogen and oxygen atoms in total. The van der Waals surface area contributed by atoms with E-state index in [9.17, 15) is 9.59 Å². The molecule has 0 radical (unpaired) electrons. The number of aryl methyl sites for hydroxylation is 1. The lowest BCUT2D eigenvalue weighted by atomic mass is 10.0. The Morgan fingerprint density at radius 2 is 2.09 bits per heavy atom. The Morgan fingerprint density at radius 1 is 1.25 bits per heavy atom. The van der Waals surface area contributed by atoms with Gasteiger partial charge in [-0.2, -0.15) is 0 Å². The number of nitrogens with zero attached hydrogens (tertiary/aromatic N) is 3. The molecule has 3 heterocycles. The summed E-state index contributed by atoms with van der Waals surface area (Å²) < 4.78 is 10.8. The number of carbonyl (C=O) groups is 2. The Bertz CT molecular complexity index is 1220. The molecule has 1 atom stereocenters. The summed E-state index contributed by atoms with van der Waals surface area (Å²) in [6.45, 7) is 2.89. The molecular weight excluding hydrogens is 430 g/mol. The maximum Gasteiger partial charge on any atom is 0.337 e. The van der Waals surface area contributed by atoms with Gasteiger partial charge < -0.3 is 19.0 Å². The Morgan fingerprint density at radius 3 is 2.88 bits per heavy atom. The number of aromatic nitrogens is 1. The maximum absolute atomic E-state index is 13.4. The molecule has 0 unspecified atom stereocenters. The van der Waals surface area contributed by atoms with Gasteiger partial charge in [-0.3, -0.25) is 4.79 Å². The molecule has 0 N–H and O–H groups in total. The van der Waals surface area contributed by atoms with Crippen molar-refractivity contribution in [3.63, 3.8) is 0 Å². The van der Waals surface area contributed by atoms with Gasteiger partial charge >= 0.3 is 5.97 Å². The third-order valence-corrected chi connectivity index (χ3v) is 6.31. The summed E-state index contributed by atoms with van der Waals surface area (Å²) in [4.78, 5) is 34.1. The van der Waals surface area contributed by atoms with E-state index in [0.29, 0.717) is 33.6 Å². The SMILES string of the molecule is COC(=O)c1ccc2c(c1)N(Cc1nc(-c3cccc(Cl)c3)oc1C)C(=O)[C@H]1CCCN21. The summed E-state index contributed by atoms with van der Waals surface area (Å²) in [7, 11) is 1.34. The minimum atomic E-state index is -0.440. The Kier molecular flexibility index (Phi) is 5.13. The number of fused-ring (bicyclic) bond motifs is 3. The molecule has 5 rings (SSSR count). The van der Waals surface area contributed by atoms with Crippen molar-refractivity contribution < 1.29 is 18.7 Å². The summed E-state index contributed by atoms with van der Waals surface area (Å²) in [6, 6.07) is 12.4. The molecule has 1 fully saturated rings. The van der Waals surface area contributed by atoms with Crippen LogP contribution in [0.3, 0.4) is 0 Å². The van der Waals surface area contributed by atoms with E-state index in [1.807, 2.05) is 25.1 Å². The Labute approximate surface area is 190 Å². The van der Waals surface area contributed by atoms with E-state index < -0.39 is 5.97 Å². The lowest BCUT2D eigenvalue weighted by Gasteiger charge is -2.39. The van der Waals surface area contributed by atoms with E-state index in [0.717, 1.165) is 30.6 Å². The number of oxazole rings is 1. The van der Waals surface area contributed by atoms with Crippen molar-refractivity contribution >= 4 is 34.9 Å². The predicted molar refractivity (Wildman–Crippen MR) is 121 cm³/mol. The quantitative estimate of drug-likeness (QED) is 0.539. The summed E-state index contributed by atoms with van der Waals surface area (Å²) in [6.07, 6.45) is 1.75. The van der Waals surface area contributed by atoms with E-state index in [-0.39, 0.29) is 18.5 Å². The minimum Gasteiger partial charge on any atom is -0.465 e. The van der Waals surface area contributed by atoms with Crippen molar-refractivity contribution in [2.75, 3.05) is 23.5 Å². The van der Waals surface area contributed by atoms with Crippen molar-refractivity contribution in [1.82, 2.24) is 4.98 Å². The summed E-state index contributed by atoms with van der Waals surface area (Å²) >= 11 is 6.11. The smallest absolute Gasteiger partial charge is 0.337 e. The molecule has 0 saturated carbocycles. The summed E-state index contributed by atoms with van der Waals surface area (Å²) in [5.41, 5.74) is 3.46. The first-order valence-corrected chi connectivity index (χ1v) is 10.9. The van der Waals surface area contributed by atoms with Gasteiger partial charge in [0.2, 0.25) is 11.8 Å². The van der Waals surface area contributed by atoms with Crippen molar-refractivity contribution in [3.05, 3.63) is 64.5 Å². The number of methoxy groups -OCH3 is 1. The van der Waals surface area contributed by atoms with Gasteiger partial charge in [-0.15, -0.1) is 0 Å². The second-order valence-corrected chi connectivity index (χ2v) is 8.44. The predicted octanol–water partition coefficient (Wildman–Crippen LogP) is 4.61. The molecule has 1 amide bonds. The standard InChI is InChI=1S/C24H22ClN3O4/c1-14-18(26-22(32-14)15-5-3-6-17(25)11-15)13-28-21-12-16(24(30)31-2)8-9-19(21)27-10-4-7-20(27)23(28)29/h3,5-6,8-9,11-12,20H,4,7,10,13H2,1-2H3/t20-/m1/s1. The van der Waals surface area contributed by atoms with Gasteiger partial charge in [-0.05, 0) is 56.2 Å². The lowest BCUT2D eigenvalue weighted by Crippen LogP contribution is -2.50. The molecule has 32 heavy (non-hydrogen) atoms. The van der Waals surface area contributed by atoms with E-state index >= 15 is 0 Å². The van der Waals surface area contributed by atoms with Gasteiger partial charge in [0.05, 0.1) is 30.6 Å². The van der Waals surface area contributed by atoms with Gasteiger partial charge in [0.15, 0.2) is 0 Å². The average molecular weight is 452 g/mol. The molecular formula is C24H22ClN3O4. The molecule has 2 aliphatic heterocycles. The van der Waals surface area contributed by atoms with Crippen LogP contribution in [0.25, 0.3) is 11.5 Å². The van der Waals surface area contributed by atoms with Crippen LogP contribution in [0.5, 0.6) is 0 Å². The Hall–Kier alpha value is -3.32. The van der Waals surface area contributed by atoms with E-state index in [1.54, 1.807) is 29.2 Å². The third-order valence-electron chi connectivity index (χ3n) is 6.07. The van der Waals surface area contributed by atoms with Crippen LogP contribution < -0.4 is 9.80 Å². The number of rotatable bonds is 4. The van der Waals surface area contributed by atoms with Crippen LogP contribution >= 0.6 is 11.6 Å². The number of hydrogen-bond acceptors (Lipinski definition) is 6.